The molecule has 0 bridgehead atoms. The average Bonchev–Trinajstić information content (AvgIpc) is 2.14. The molecule has 0 atom stereocenters. The maximum atomic E-state index is 13.1. The Kier molecular flexibility index (Phi) is 3.84. The smallest absolute Gasteiger partial charge is 0.166 e. The fourth-order valence-electron chi connectivity index (χ4n) is 0.822. The molecule has 0 radical (unpaired) electrons. The van der Waals surface area contributed by atoms with Crippen molar-refractivity contribution in [1.29, 1.82) is 5.26 Å². The van der Waals surface area contributed by atoms with Crippen LogP contribution in [-0.2, 0) is 0 Å². The Hall–Kier alpha value is -1.15. The highest BCUT2D eigenvalue weighted by molar-refractivity contribution is 9.10. The third-order valence-corrected chi connectivity index (χ3v) is 2.05. The van der Waals surface area contributed by atoms with Gasteiger partial charge in [-0.25, -0.2) is 8.78 Å². The quantitative estimate of drug-likeness (QED) is 0.619. The number of rotatable bonds is 3. The molecule has 14 heavy (non-hydrogen) atoms. The van der Waals surface area contributed by atoms with Gasteiger partial charge in [0.15, 0.2) is 11.6 Å². The summed E-state index contributed by atoms with van der Waals surface area (Å²) in [5.41, 5.74) is 0. The van der Waals surface area contributed by atoms with Crippen molar-refractivity contribution in [2.45, 2.75) is 6.42 Å². The highest BCUT2D eigenvalue weighted by atomic mass is 79.9. The minimum Gasteiger partial charge on any atom is -0.489 e. The van der Waals surface area contributed by atoms with Crippen LogP contribution in [0.5, 0.6) is 5.75 Å². The number of benzene rings is 1. The molecule has 74 valence electrons. The molecular formula is C9H6BrF2NO. The molecule has 0 fully saturated rings. The van der Waals surface area contributed by atoms with Crippen molar-refractivity contribution in [1.82, 2.24) is 0 Å². The molecule has 1 aromatic rings. The van der Waals surface area contributed by atoms with Gasteiger partial charge in [-0.15, -0.1) is 0 Å². The first kappa shape index (κ1) is 10.9. The van der Waals surface area contributed by atoms with Gasteiger partial charge < -0.3 is 4.74 Å². The Morgan fingerprint density at radius 2 is 2.07 bits per heavy atom. The van der Waals surface area contributed by atoms with E-state index in [9.17, 15) is 8.78 Å². The van der Waals surface area contributed by atoms with Crippen LogP contribution < -0.4 is 4.74 Å². The molecule has 0 aliphatic heterocycles. The monoisotopic (exact) mass is 261 g/mol. The van der Waals surface area contributed by atoms with E-state index in [0.717, 1.165) is 12.1 Å². The number of nitriles is 1. The highest BCUT2D eigenvalue weighted by Gasteiger charge is 2.08. The van der Waals surface area contributed by atoms with E-state index in [-0.39, 0.29) is 23.2 Å². The zero-order valence-corrected chi connectivity index (χ0v) is 8.64. The fraction of sp³-hybridized carbons (Fsp3) is 0.222. The predicted octanol–water partition coefficient (Wildman–Crippen LogP) is 3.02. The van der Waals surface area contributed by atoms with Crippen molar-refractivity contribution in [3.63, 3.8) is 0 Å². The minimum atomic E-state index is -0.656. The Morgan fingerprint density at radius 3 is 2.71 bits per heavy atom. The standard InChI is InChI=1S/C9H6BrF2NO/c10-6-4-8(12)9(5-7(6)11)14-3-1-2-13/h4-5H,1,3H2. The molecule has 0 saturated carbocycles. The van der Waals surface area contributed by atoms with Crippen LogP contribution in [0, 0.1) is 23.0 Å². The molecule has 0 unspecified atom stereocenters. The Balaban J connectivity index is 2.78. The van der Waals surface area contributed by atoms with Gasteiger partial charge in [-0.1, -0.05) is 0 Å². The van der Waals surface area contributed by atoms with Gasteiger partial charge in [-0.2, -0.15) is 5.26 Å². The Labute approximate surface area is 88.2 Å². The summed E-state index contributed by atoms with van der Waals surface area (Å²) in [4.78, 5) is 0. The van der Waals surface area contributed by atoms with Crippen molar-refractivity contribution in [2.24, 2.45) is 0 Å². The number of ether oxygens (including phenoxy) is 1. The molecule has 0 N–H and O–H groups in total. The van der Waals surface area contributed by atoms with Crippen LogP contribution in [0.3, 0.4) is 0 Å². The molecule has 0 spiro atoms. The summed E-state index contributed by atoms with van der Waals surface area (Å²) in [5.74, 6) is -1.43. The van der Waals surface area contributed by atoms with E-state index in [4.69, 9.17) is 10.00 Å². The van der Waals surface area contributed by atoms with Crippen LogP contribution in [0.15, 0.2) is 16.6 Å². The number of nitrogens with zero attached hydrogens (tertiary/aromatic N) is 1. The molecule has 5 heteroatoms. The van der Waals surface area contributed by atoms with E-state index in [1.165, 1.54) is 0 Å². The van der Waals surface area contributed by atoms with Crippen LogP contribution in [0.25, 0.3) is 0 Å². The summed E-state index contributed by atoms with van der Waals surface area (Å²) >= 11 is 2.84. The van der Waals surface area contributed by atoms with Crippen molar-refractivity contribution in [3.05, 3.63) is 28.2 Å². The third-order valence-electron chi connectivity index (χ3n) is 1.45. The second kappa shape index (κ2) is 4.91. The highest BCUT2D eigenvalue weighted by Crippen LogP contribution is 2.24. The lowest BCUT2D eigenvalue weighted by atomic mass is 10.3. The predicted molar refractivity (Wildman–Crippen MR) is 49.8 cm³/mol. The molecule has 0 aliphatic carbocycles. The molecule has 0 aliphatic rings. The van der Waals surface area contributed by atoms with Crippen molar-refractivity contribution >= 4 is 15.9 Å². The van der Waals surface area contributed by atoms with Gasteiger partial charge in [0.05, 0.1) is 17.0 Å². The summed E-state index contributed by atoms with van der Waals surface area (Å²) < 4.78 is 30.9. The summed E-state index contributed by atoms with van der Waals surface area (Å²) in [6, 6.07) is 3.76. The normalized spacial score (nSPS) is 9.57. The summed E-state index contributed by atoms with van der Waals surface area (Å²) in [5, 5.41) is 8.21. The van der Waals surface area contributed by atoms with Gasteiger partial charge in [0.1, 0.15) is 12.4 Å². The SMILES string of the molecule is N#CCCOc1cc(F)c(Br)cc1F. The van der Waals surface area contributed by atoms with Crippen molar-refractivity contribution < 1.29 is 13.5 Å². The van der Waals surface area contributed by atoms with Gasteiger partial charge in [-0.05, 0) is 22.0 Å². The first-order valence-corrected chi connectivity index (χ1v) is 4.58. The van der Waals surface area contributed by atoms with Gasteiger partial charge in [0.25, 0.3) is 0 Å². The van der Waals surface area contributed by atoms with E-state index in [1.807, 2.05) is 6.07 Å². The van der Waals surface area contributed by atoms with Crippen LogP contribution in [0.4, 0.5) is 8.78 Å². The molecule has 2 nitrogen and oxygen atoms in total. The van der Waals surface area contributed by atoms with Crippen LogP contribution >= 0.6 is 15.9 Å². The fourth-order valence-corrected chi connectivity index (χ4v) is 1.14. The molecule has 1 rings (SSSR count). The molecule has 1 aromatic carbocycles. The lowest BCUT2D eigenvalue weighted by molar-refractivity contribution is 0.307. The van der Waals surface area contributed by atoms with Crippen LogP contribution in [-0.4, -0.2) is 6.61 Å². The average molecular weight is 262 g/mol. The Bertz CT molecular complexity index is 376. The molecule has 0 heterocycles. The van der Waals surface area contributed by atoms with Gasteiger partial charge >= 0.3 is 0 Å². The number of hydrogen-bond donors (Lipinski definition) is 0. The van der Waals surface area contributed by atoms with Gasteiger partial charge in [-0.3, -0.25) is 0 Å². The summed E-state index contributed by atoms with van der Waals surface area (Å²) in [7, 11) is 0. The second-order valence-electron chi connectivity index (χ2n) is 2.45. The van der Waals surface area contributed by atoms with Gasteiger partial charge in [0.2, 0.25) is 0 Å². The third kappa shape index (κ3) is 2.67. The zero-order valence-electron chi connectivity index (χ0n) is 7.06. The first-order chi connectivity index (χ1) is 6.65. The maximum Gasteiger partial charge on any atom is 0.166 e. The number of hydrogen-bond acceptors (Lipinski definition) is 2. The topological polar surface area (TPSA) is 33.0 Å². The van der Waals surface area contributed by atoms with E-state index < -0.39 is 11.6 Å². The largest absolute Gasteiger partial charge is 0.489 e. The van der Waals surface area contributed by atoms with Gasteiger partial charge in [0, 0.05) is 6.07 Å². The molecule has 0 saturated heterocycles. The Morgan fingerprint density at radius 1 is 1.36 bits per heavy atom. The van der Waals surface area contributed by atoms with E-state index in [1.54, 1.807) is 0 Å². The van der Waals surface area contributed by atoms with E-state index >= 15 is 0 Å². The van der Waals surface area contributed by atoms with Crippen LogP contribution in [0.1, 0.15) is 6.42 Å². The molecular weight excluding hydrogens is 256 g/mol. The van der Waals surface area contributed by atoms with E-state index in [0.29, 0.717) is 0 Å². The molecule has 0 amide bonds. The minimum absolute atomic E-state index is 0.0441. The van der Waals surface area contributed by atoms with Crippen LogP contribution in [0.2, 0.25) is 0 Å². The lowest BCUT2D eigenvalue weighted by Gasteiger charge is -2.05. The lowest BCUT2D eigenvalue weighted by Crippen LogP contribution is -1.98. The first-order valence-electron chi connectivity index (χ1n) is 3.79. The summed E-state index contributed by atoms with van der Waals surface area (Å²) in [6.45, 7) is 0.0501. The second-order valence-corrected chi connectivity index (χ2v) is 3.31. The van der Waals surface area contributed by atoms with Crippen molar-refractivity contribution in [3.8, 4) is 11.8 Å². The van der Waals surface area contributed by atoms with E-state index in [2.05, 4.69) is 15.9 Å². The zero-order chi connectivity index (χ0) is 10.6. The molecule has 0 aromatic heterocycles. The number of halogens is 3. The van der Waals surface area contributed by atoms with Crippen molar-refractivity contribution in [2.75, 3.05) is 6.61 Å². The maximum absolute atomic E-state index is 13.1. The summed E-state index contributed by atoms with van der Waals surface area (Å²) in [6.07, 6.45) is 0.136.